The Morgan fingerprint density at radius 1 is 0.778 bits per heavy atom. The minimum Gasteiger partial charge on any atom is -0.322 e. The maximum atomic E-state index is 12.4. The average Bonchev–Trinajstić information content (AvgIpc) is 2.67. The summed E-state index contributed by atoms with van der Waals surface area (Å²) in [5.41, 5.74) is 3.79. The molecule has 134 valence electrons. The molecule has 0 fully saturated rings. The quantitative estimate of drug-likeness (QED) is 0.639. The lowest BCUT2D eigenvalue weighted by atomic mass is 10.1. The van der Waals surface area contributed by atoms with Gasteiger partial charge in [0.1, 0.15) is 0 Å². The smallest absolute Gasteiger partial charge is 0.255 e. The zero-order valence-corrected chi connectivity index (χ0v) is 15.0. The highest BCUT2D eigenvalue weighted by atomic mass is 16.2. The van der Waals surface area contributed by atoms with Gasteiger partial charge in [0.05, 0.1) is 0 Å². The van der Waals surface area contributed by atoms with E-state index in [1.807, 2.05) is 61.5 Å². The molecule has 0 heterocycles. The Labute approximate surface area is 158 Å². The standard InChI is InChI=1S/C23H20N2O2/c1-17-7-5-11-20(15-17)25-23(27)19-10-6-12-21(16-19)24-22(26)14-13-18-8-3-2-4-9-18/h2-16H,1H3,(H,24,26)(H,25,27)/b14-13+. The molecule has 2 amide bonds. The lowest BCUT2D eigenvalue weighted by molar-refractivity contribution is -0.111. The number of hydrogen-bond acceptors (Lipinski definition) is 2. The van der Waals surface area contributed by atoms with E-state index in [9.17, 15) is 9.59 Å². The first kappa shape index (κ1) is 18.1. The minimum absolute atomic E-state index is 0.225. The van der Waals surface area contributed by atoms with Crippen LogP contribution in [0.15, 0.2) is 84.9 Å². The molecule has 0 aliphatic heterocycles. The first-order valence-electron chi connectivity index (χ1n) is 8.62. The van der Waals surface area contributed by atoms with E-state index < -0.39 is 0 Å². The molecule has 2 N–H and O–H groups in total. The van der Waals surface area contributed by atoms with Crippen molar-refractivity contribution >= 4 is 29.3 Å². The van der Waals surface area contributed by atoms with E-state index in [1.54, 1.807) is 30.3 Å². The number of benzene rings is 3. The van der Waals surface area contributed by atoms with Gasteiger partial charge in [0.15, 0.2) is 0 Å². The number of rotatable bonds is 5. The van der Waals surface area contributed by atoms with Crippen molar-refractivity contribution in [2.45, 2.75) is 6.92 Å². The van der Waals surface area contributed by atoms with Crippen LogP contribution in [0.1, 0.15) is 21.5 Å². The van der Waals surface area contributed by atoms with Gasteiger partial charge in [0, 0.05) is 23.0 Å². The molecule has 3 aromatic carbocycles. The summed E-state index contributed by atoms with van der Waals surface area (Å²) in [4.78, 5) is 24.5. The molecule has 0 aliphatic rings. The molecule has 3 rings (SSSR count). The zero-order chi connectivity index (χ0) is 19.1. The van der Waals surface area contributed by atoms with E-state index in [0.717, 1.165) is 16.8 Å². The molecule has 0 bridgehead atoms. The second kappa shape index (κ2) is 8.63. The van der Waals surface area contributed by atoms with Crippen molar-refractivity contribution in [1.29, 1.82) is 0 Å². The first-order chi connectivity index (χ1) is 13.1. The van der Waals surface area contributed by atoms with Crippen LogP contribution in [-0.4, -0.2) is 11.8 Å². The summed E-state index contributed by atoms with van der Waals surface area (Å²) in [5, 5.41) is 5.64. The van der Waals surface area contributed by atoms with Crippen LogP contribution in [-0.2, 0) is 4.79 Å². The summed E-state index contributed by atoms with van der Waals surface area (Å²) in [6, 6.07) is 24.0. The third-order valence-electron chi connectivity index (χ3n) is 3.89. The highest BCUT2D eigenvalue weighted by Gasteiger charge is 2.08. The third kappa shape index (κ3) is 5.41. The van der Waals surface area contributed by atoms with Crippen molar-refractivity contribution < 1.29 is 9.59 Å². The largest absolute Gasteiger partial charge is 0.322 e. The van der Waals surface area contributed by atoms with Gasteiger partial charge in [-0.15, -0.1) is 0 Å². The maximum Gasteiger partial charge on any atom is 0.255 e. The van der Waals surface area contributed by atoms with Gasteiger partial charge >= 0.3 is 0 Å². The monoisotopic (exact) mass is 356 g/mol. The van der Waals surface area contributed by atoms with Crippen LogP contribution >= 0.6 is 0 Å². The normalized spacial score (nSPS) is 10.6. The lowest BCUT2D eigenvalue weighted by Crippen LogP contribution is -2.13. The van der Waals surface area contributed by atoms with E-state index in [4.69, 9.17) is 0 Å². The third-order valence-corrected chi connectivity index (χ3v) is 3.89. The Balaban J connectivity index is 1.65. The zero-order valence-electron chi connectivity index (χ0n) is 15.0. The van der Waals surface area contributed by atoms with Gasteiger partial charge in [-0.05, 0) is 54.5 Å². The number of carbonyl (C=O) groups is 2. The highest BCUT2D eigenvalue weighted by molar-refractivity contribution is 6.06. The van der Waals surface area contributed by atoms with E-state index in [2.05, 4.69) is 10.6 Å². The molecule has 0 radical (unpaired) electrons. The molecule has 0 aromatic heterocycles. The van der Waals surface area contributed by atoms with Gasteiger partial charge in [-0.1, -0.05) is 48.5 Å². The number of carbonyl (C=O) groups excluding carboxylic acids is 2. The Morgan fingerprint density at radius 2 is 1.48 bits per heavy atom. The highest BCUT2D eigenvalue weighted by Crippen LogP contribution is 2.15. The molecule has 0 aliphatic carbocycles. The fraction of sp³-hybridized carbons (Fsp3) is 0.0435. The molecule has 0 saturated heterocycles. The molecular weight excluding hydrogens is 336 g/mol. The number of nitrogens with one attached hydrogen (secondary N) is 2. The van der Waals surface area contributed by atoms with Crippen LogP contribution in [0.2, 0.25) is 0 Å². The van der Waals surface area contributed by atoms with E-state index in [0.29, 0.717) is 11.3 Å². The van der Waals surface area contributed by atoms with Gasteiger partial charge in [-0.3, -0.25) is 9.59 Å². The van der Waals surface area contributed by atoms with E-state index in [-0.39, 0.29) is 11.8 Å². The van der Waals surface area contributed by atoms with Crippen LogP contribution in [0, 0.1) is 6.92 Å². The minimum atomic E-state index is -0.255. The van der Waals surface area contributed by atoms with Crippen LogP contribution in [0.5, 0.6) is 0 Å². The summed E-state index contributed by atoms with van der Waals surface area (Å²) < 4.78 is 0. The van der Waals surface area contributed by atoms with Crippen molar-refractivity contribution in [3.05, 3.63) is 102 Å². The first-order valence-corrected chi connectivity index (χ1v) is 8.62. The Morgan fingerprint density at radius 3 is 2.22 bits per heavy atom. The predicted octanol–water partition coefficient (Wildman–Crippen LogP) is 4.90. The Bertz CT molecular complexity index is 978. The van der Waals surface area contributed by atoms with Gasteiger partial charge in [-0.2, -0.15) is 0 Å². The second-order valence-electron chi connectivity index (χ2n) is 6.14. The van der Waals surface area contributed by atoms with E-state index >= 15 is 0 Å². The average molecular weight is 356 g/mol. The fourth-order valence-corrected chi connectivity index (χ4v) is 2.58. The summed E-state index contributed by atoms with van der Waals surface area (Å²) in [7, 11) is 0. The molecule has 4 heteroatoms. The topological polar surface area (TPSA) is 58.2 Å². The van der Waals surface area contributed by atoms with Gasteiger partial charge in [0.2, 0.25) is 5.91 Å². The van der Waals surface area contributed by atoms with Gasteiger partial charge in [-0.25, -0.2) is 0 Å². The number of anilines is 2. The van der Waals surface area contributed by atoms with Crippen molar-refractivity contribution in [2.75, 3.05) is 10.6 Å². The number of amides is 2. The SMILES string of the molecule is Cc1cccc(NC(=O)c2cccc(NC(=O)/C=C/c3ccccc3)c2)c1. The Hall–Kier alpha value is -3.66. The molecule has 0 atom stereocenters. The molecule has 0 spiro atoms. The fourth-order valence-electron chi connectivity index (χ4n) is 2.58. The second-order valence-corrected chi connectivity index (χ2v) is 6.14. The Kier molecular flexibility index (Phi) is 5.80. The van der Waals surface area contributed by atoms with Crippen molar-refractivity contribution in [3.8, 4) is 0 Å². The van der Waals surface area contributed by atoms with E-state index in [1.165, 1.54) is 6.08 Å². The number of hydrogen-bond donors (Lipinski definition) is 2. The number of aryl methyl sites for hydroxylation is 1. The summed E-state index contributed by atoms with van der Waals surface area (Å²) in [5.74, 6) is -0.480. The van der Waals surface area contributed by atoms with Crippen LogP contribution in [0.3, 0.4) is 0 Å². The summed E-state index contributed by atoms with van der Waals surface area (Å²) in [6.45, 7) is 1.97. The summed E-state index contributed by atoms with van der Waals surface area (Å²) >= 11 is 0. The van der Waals surface area contributed by atoms with Crippen molar-refractivity contribution in [1.82, 2.24) is 0 Å². The molecule has 3 aromatic rings. The predicted molar refractivity (Wildman–Crippen MR) is 110 cm³/mol. The van der Waals surface area contributed by atoms with Crippen LogP contribution in [0.25, 0.3) is 6.08 Å². The van der Waals surface area contributed by atoms with Gasteiger partial charge in [0.25, 0.3) is 5.91 Å². The van der Waals surface area contributed by atoms with Crippen LogP contribution < -0.4 is 10.6 Å². The maximum absolute atomic E-state index is 12.4. The molecule has 0 saturated carbocycles. The van der Waals surface area contributed by atoms with Crippen LogP contribution in [0.4, 0.5) is 11.4 Å². The summed E-state index contributed by atoms with van der Waals surface area (Å²) in [6.07, 6.45) is 3.21. The van der Waals surface area contributed by atoms with Crippen molar-refractivity contribution in [3.63, 3.8) is 0 Å². The molecular formula is C23H20N2O2. The van der Waals surface area contributed by atoms with Crippen molar-refractivity contribution in [2.24, 2.45) is 0 Å². The molecule has 4 nitrogen and oxygen atoms in total. The van der Waals surface area contributed by atoms with Gasteiger partial charge < -0.3 is 10.6 Å². The molecule has 0 unspecified atom stereocenters. The molecule has 27 heavy (non-hydrogen) atoms. The lowest BCUT2D eigenvalue weighted by Gasteiger charge is -2.08.